The molecular formula is C16H24N4O3S. The lowest BCUT2D eigenvalue weighted by atomic mass is 10.2. The van der Waals surface area contributed by atoms with Gasteiger partial charge >= 0.3 is 0 Å². The molecule has 0 radical (unpaired) electrons. The van der Waals surface area contributed by atoms with Crippen LogP contribution in [0.4, 0.5) is 0 Å². The Morgan fingerprint density at radius 2 is 2.25 bits per heavy atom. The molecule has 0 unspecified atom stereocenters. The van der Waals surface area contributed by atoms with Gasteiger partial charge in [0.25, 0.3) is 0 Å². The standard InChI is InChI=1S/C16H24N4O3S/c1-11-4-5-15(19-18-11)23-13-6-8-20(10-13)16(22)14(7-9-24-3)17-12(2)21/h4-5,13-14H,6-10H2,1-3H3,(H,17,21)/t13-,14+/m0/s1. The van der Waals surface area contributed by atoms with E-state index >= 15 is 0 Å². The van der Waals surface area contributed by atoms with E-state index < -0.39 is 6.04 Å². The number of nitrogens with zero attached hydrogens (tertiary/aromatic N) is 3. The minimum atomic E-state index is -0.465. The lowest BCUT2D eigenvalue weighted by molar-refractivity contribution is -0.135. The average Bonchev–Trinajstić information content (AvgIpc) is 3.01. The fourth-order valence-electron chi connectivity index (χ4n) is 2.60. The Morgan fingerprint density at radius 1 is 1.46 bits per heavy atom. The van der Waals surface area contributed by atoms with Crippen molar-refractivity contribution < 1.29 is 14.3 Å². The van der Waals surface area contributed by atoms with Crippen molar-refractivity contribution >= 4 is 23.6 Å². The summed E-state index contributed by atoms with van der Waals surface area (Å²) in [6, 6.07) is 3.16. The molecule has 7 nitrogen and oxygen atoms in total. The second-order valence-electron chi connectivity index (χ2n) is 5.86. The first kappa shape index (κ1) is 18.5. The molecule has 0 aliphatic carbocycles. The third-order valence-electron chi connectivity index (χ3n) is 3.80. The van der Waals surface area contributed by atoms with E-state index in [0.717, 1.165) is 17.9 Å². The molecular weight excluding hydrogens is 328 g/mol. The summed E-state index contributed by atoms with van der Waals surface area (Å²) in [5.74, 6) is 1.07. The zero-order chi connectivity index (χ0) is 17.5. The summed E-state index contributed by atoms with van der Waals surface area (Å²) < 4.78 is 5.79. The molecule has 1 aromatic rings. The molecule has 2 atom stereocenters. The molecule has 2 rings (SSSR count). The monoisotopic (exact) mass is 352 g/mol. The van der Waals surface area contributed by atoms with Crippen LogP contribution in [-0.2, 0) is 9.59 Å². The zero-order valence-corrected chi connectivity index (χ0v) is 15.1. The highest BCUT2D eigenvalue weighted by atomic mass is 32.2. The van der Waals surface area contributed by atoms with Crippen molar-refractivity contribution in [2.45, 2.75) is 38.8 Å². The number of nitrogens with one attached hydrogen (secondary N) is 1. The fraction of sp³-hybridized carbons (Fsp3) is 0.625. The minimum absolute atomic E-state index is 0.0414. The maximum absolute atomic E-state index is 12.6. The Hall–Kier alpha value is -1.83. The number of carbonyl (C=O) groups is 2. The van der Waals surface area contributed by atoms with Gasteiger partial charge in [0.05, 0.1) is 12.2 Å². The summed E-state index contributed by atoms with van der Waals surface area (Å²) in [6.07, 6.45) is 3.27. The van der Waals surface area contributed by atoms with Crippen molar-refractivity contribution in [2.24, 2.45) is 0 Å². The second-order valence-corrected chi connectivity index (χ2v) is 6.85. The molecule has 132 valence electrons. The van der Waals surface area contributed by atoms with Crippen LogP contribution in [0.1, 0.15) is 25.5 Å². The van der Waals surface area contributed by atoms with Gasteiger partial charge in [0.15, 0.2) is 0 Å². The first-order valence-electron chi connectivity index (χ1n) is 8.01. The Kier molecular flexibility index (Phi) is 6.84. The summed E-state index contributed by atoms with van der Waals surface area (Å²) >= 11 is 1.66. The number of carbonyl (C=O) groups excluding carboxylic acids is 2. The molecule has 24 heavy (non-hydrogen) atoms. The van der Waals surface area contributed by atoms with Gasteiger partial charge in [-0.25, -0.2) is 0 Å². The Labute approximate surface area is 146 Å². The van der Waals surface area contributed by atoms with Crippen LogP contribution in [0.25, 0.3) is 0 Å². The molecule has 1 aliphatic heterocycles. The van der Waals surface area contributed by atoms with Crippen molar-refractivity contribution in [3.05, 3.63) is 17.8 Å². The topological polar surface area (TPSA) is 84.4 Å². The Bertz CT molecular complexity index is 567. The first-order chi connectivity index (χ1) is 11.5. The van der Waals surface area contributed by atoms with Crippen LogP contribution < -0.4 is 10.1 Å². The SMILES string of the molecule is CSCC[C@@H](NC(C)=O)C(=O)N1CC[C@H](Oc2ccc(C)nn2)C1. The van der Waals surface area contributed by atoms with Crippen LogP contribution in [0.5, 0.6) is 5.88 Å². The largest absolute Gasteiger partial charge is 0.471 e. The van der Waals surface area contributed by atoms with Crippen LogP contribution in [0.3, 0.4) is 0 Å². The number of rotatable bonds is 7. The molecule has 1 N–H and O–H groups in total. The summed E-state index contributed by atoms with van der Waals surface area (Å²) in [5, 5.41) is 10.7. The van der Waals surface area contributed by atoms with Gasteiger partial charge in [0.2, 0.25) is 17.7 Å². The maximum Gasteiger partial charge on any atom is 0.245 e. The number of thioether (sulfide) groups is 1. The fourth-order valence-corrected chi connectivity index (χ4v) is 3.08. The second kappa shape index (κ2) is 8.86. The Balaban J connectivity index is 1.90. The van der Waals surface area contributed by atoms with E-state index in [2.05, 4.69) is 15.5 Å². The summed E-state index contributed by atoms with van der Waals surface area (Å²) in [6.45, 7) is 4.43. The molecule has 0 bridgehead atoms. The molecule has 0 saturated carbocycles. The van der Waals surface area contributed by atoms with E-state index in [1.54, 1.807) is 22.7 Å². The highest BCUT2D eigenvalue weighted by Gasteiger charge is 2.32. The molecule has 2 amide bonds. The number of amides is 2. The van der Waals surface area contributed by atoms with E-state index in [1.165, 1.54) is 6.92 Å². The van der Waals surface area contributed by atoms with Gasteiger partial charge in [-0.05, 0) is 31.4 Å². The molecule has 1 aliphatic rings. The molecule has 1 fully saturated rings. The first-order valence-corrected chi connectivity index (χ1v) is 9.40. The van der Waals surface area contributed by atoms with E-state index in [0.29, 0.717) is 25.4 Å². The number of hydrogen-bond donors (Lipinski definition) is 1. The van der Waals surface area contributed by atoms with Gasteiger partial charge in [0.1, 0.15) is 12.1 Å². The van der Waals surface area contributed by atoms with Crippen LogP contribution in [0.15, 0.2) is 12.1 Å². The maximum atomic E-state index is 12.6. The van der Waals surface area contributed by atoms with E-state index in [1.807, 2.05) is 19.2 Å². The Morgan fingerprint density at radius 3 is 2.88 bits per heavy atom. The smallest absolute Gasteiger partial charge is 0.245 e. The third kappa shape index (κ3) is 5.36. The number of ether oxygens (including phenoxy) is 1. The minimum Gasteiger partial charge on any atom is -0.471 e. The van der Waals surface area contributed by atoms with Crippen LogP contribution in [0, 0.1) is 6.92 Å². The third-order valence-corrected chi connectivity index (χ3v) is 4.45. The predicted octanol–water partition coefficient (Wildman–Crippen LogP) is 1.02. The zero-order valence-electron chi connectivity index (χ0n) is 14.3. The van der Waals surface area contributed by atoms with E-state index in [-0.39, 0.29) is 17.9 Å². The number of hydrogen-bond acceptors (Lipinski definition) is 6. The van der Waals surface area contributed by atoms with E-state index in [9.17, 15) is 9.59 Å². The average molecular weight is 352 g/mol. The summed E-state index contributed by atoms with van der Waals surface area (Å²) in [7, 11) is 0. The van der Waals surface area contributed by atoms with Crippen LogP contribution in [-0.4, -0.2) is 64.2 Å². The normalized spacial score (nSPS) is 18.3. The van der Waals surface area contributed by atoms with Crippen LogP contribution >= 0.6 is 11.8 Å². The molecule has 2 heterocycles. The van der Waals surface area contributed by atoms with Crippen molar-refractivity contribution in [1.29, 1.82) is 0 Å². The van der Waals surface area contributed by atoms with Crippen molar-refractivity contribution in [1.82, 2.24) is 20.4 Å². The lowest BCUT2D eigenvalue weighted by Crippen LogP contribution is -2.48. The number of aryl methyl sites for hydroxylation is 1. The lowest BCUT2D eigenvalue weighted by Gasteiger charge is -2.23. The number of aromatic nitrogens is 2. The summed E-state index contributed by atoms with van der Waals surface area (Å²) in [5.41, 5.74) is 0.831. The molecule has 1 saturated heterocycles. The molecule has 0 aromatic carbocycles. The predicted molar refractivity (Wildman–Crippen MR) is 93.0 cm³/mol. The molecule has 8 heteroatoms. The van der Waals surface area contributed by atoms with E-state index in [4.69, 9.17) is 4.74 Å². The highest BCUT2D eigenvalue weighted by molar-refractivity contribution is 7.98. The highest BCUT2D eigenvalue weighted by Crippen LogP contribution is 2.18. The van der Waals surface area contributed by atoms with Gasteiger partial charge in [-0.3, -0.25) is 9.59 Å². The summed E-state index contributed by atoms with van der Waals surface area (Å²) in [4.78, 5) is 25.7. The van der Waals surface area contributed by atoms with Gasteiger partial charge in [-0.15, -0.1) is 5.10 Å². The van der Waals surface area contributed by atoms with Crippen molar-refractivity contribution in [3.8, 4) is 5.88 Å². The van der Waals surface area contributed by atoms with Crippen molar-refractivity contribution in [3.63, 3.8) is 0 Å². The van der Waals surface area contributed by atoms with Gasteiger partial charge in [0, 0.05) is 26.0 Å². The molecule has 0 spiro atoms. The van der Waals surface area contributed by atoms with Gasteiger partial charge in [-0.2, -0.15) is 16.9 Å². The van der Waals surface area contributed by atoms with Gasteiger partial charge < -0.3 is 15.0 Å². The van der Waals surface area contributed by atoms with Gasteiger partial charge in [-0.1, -0.05) is 0 Å². The van der Waals surface area contributed by atoms with Crippen LogP contribution in [0.2, 0.25) is 0 Å². The quantitative estimate of drug-likeness (QED) is 0.789. The van der Waals surface area contributed by atoms with Crippen molar-refractivity contribution in [2.75, 3.05) is 25.1 Å². The number of likely N-dealkylation sites (tertiary alicyclic amines) is 1. The molecule has 1 aromatic heterocycles.